The molecular weight excluding hydrogens is 266 g/mol. The summed E-state index contributed by atoms with van der Waals surface area (Å²) in [6.45, 7) is 0. The van der Waals surface area contributed by atoms with Crippen LogP contribution in [0.15, 0.2) is 41.0 Å². The van der Waals surface area contributed by atoms with Gasteiger partial charge in [-0.3, -0.25) is 4.40 Å². The van der Waals surface area contributed by atoms with Crippen LogP contribution in [0.1, 0.15) is 5.56 Å². The standard InChI is InChI=1S/C12H6BrN3/c13-9-6-11-10(5-8(9)7-14)15-12-3-1-2-4-16(11)12/h1-6H. The molecular formula is C12H6BrN3. The number of halogens is 1. The van der Waals surface area contributed by atoms with Gasteiger partial charge in [0.1, 0.15) is 11.7 Å². The van der Waals surface area contributed by atoms with E-state index in [1.807, 2.05) is 34.9 Å². The number of rotatable bonds is 0. The summed E-state index contributed by atoms with van der Waals surface area (Å²) in [6, 6.07) is 11.7. The van der Waals surface area contributed by atoms with E-state index in [0.717, 1.165) is 21.2 Å². The van der Waals surface area contributed by atoms with Gasteiger partial charge in [-0.15, -0.1) is 0 Å². The maximum absolute atomic E-state index is 8.94. The summed E-state index contributed by atoms with van der Waals surface area (Å²) in [6.07, 6.45) is 1.96. The van der Waals surface area contributed by atoms with Crippen LogP contribution in [-0.4, -0.2) is 9.38 Å². The molecule has 0 radical (unpaired) electrons. The number of hydrogen-bond acceptors (Lipinski definition) is 2. The van der Waals surface area contributed by atoms with Gasteiger partial charge in [-0.2, -0.15) is 5.26 Å². The molecule has 2 aromatic heterocycles. The highest BCUT2D eigenvalue weighted by Gasteiger charge is 2.07. The van der Waals surface area contributed by atoms with Crippen molar-refractivity contribution in [3.05, 3.63) is 46.6 Å². The fraction of sp³-hybridized carbons (Fsp3) is 0. The molecule has 3 nitrogen and oxygen atoms in total. The molecule has 16 heavy (non-hydrogen) atoms. The van der Waals surface area contributed by atoms with Gasteiger partial charge < -0.3 is 0 Å². The van der Waals surface area contributed by atoms with Crippen LogP contribution in [0.4, 0.5) is 0 Å². The SMILES string of the molecule is N#Cc1cc2nc3ccccn3c2cc1Br. The minimum atomic E-state index is 0.607. The molecule has 3 rings (SSSR count). The summed E-state index contributed by atoms with van der Waals surface area (Å²) in [4.78, 5) is 4.46. The van der Waals surface area contributed by atoms with Crippen molar-refractivity contribution in [3.8, 4) is 6.07 Å². The Labute approximate surface area is 100 Å². The van der Waals surface area contributed by atoms with Crippen LogP contribution < -0.4 is 0 Å². The number of nitriles is 1. The lowest BCUT2D eigenvalue weighted by Gasteiger charge is -1.96. The topological polar surface area (TPSA) is 41.1 Å². The highest BCUT2D eigenvalue weighted by molar-refractivity contribution is 9.10. The summed E-state index contributed by atoms with van der Waals surface area (Å²) in [5.74, 6) is 0. The largest absolute Gasteiger partial charge is 0.300 e. The van der Waals surface area contributed by atoms with Crippen molar-refractivity contribution in [2.45, 2.75) is 0 Å². The quantitative estimate of drug-likeness (QED) is 0.630. The Balaban J connectivity index is 2.52. The Kier molecular flexibility index (Phi) is 1.95. The second-order valence-electron chi connectivity index (χ2n) is 3.47. The van der Waals surface area contributed by atoms with Gasteiger partial charge in [0.15, 0.2) is 0 Å². The third kappa shape index (κ3) is 1.22. The van der Waals surface area contributed by atoms with Crippen molar-refractivity contribution in [2.75, 3.05) is 0 Å². The third-order valence-corrected chi connectivity index (χ3v) is 3.17. The van der Waals surface area contributed by atoms with E-state index in [-0.39, 0.29) is 0 Å². The van der Waals surface area contributed by atoms with Crippen LogP contribution in [0, 0.1) is 11.3 Å². The number of aromatic nitrogens is 2. The molecule has 0 atom stereocenters. The molecule has 3 aromatic rings. The number of fused-ring (bicyclic) bond motifs is 3. The van der Waals surface area contributed by atoms with E-state index in [2.05, 4.69) is 27.0 Å². The number of nitrogens with zero attached hydrogens (tertiary/aromatic N) is 3. The Morgan fingerprint density at radius 1 is 1.31 bits per heavy atom. The second kappa shape index (κ2) is 3.32. The molecule has 0 N–H and O–H groups in total. The lowest BCUT2D eigenvalue weighted by atomic mass is 10.2. The molecule has 4 heteroatoms. The predicted molar refractivity (Wildman–Crippen MR) is 65.1 cm³/mol. The first-order chi connectivity index (χ1) is 7.79. The van der Waals surface area contributed by atoms with Crippen LogP contribution in [-0.2, 0) is 0 Å². The second-order valence-corrected chi connectivity index (χ2v) is 4.33. The highest BCUT2D eigenvalue weighted by atomic mass is 79.9. The third-order valence-electron chi connectivity index (χ3n) is 2.52. The van der Waals surface area contributed by atoms with Gasteiger partial charge in [-0.1, -0.05) is 6.07 Å². The van der Waals surface area contributed by atoms with Crippen molar-refractivity contribution in [2.24, 2.45) is 0 Å². The van der Waals surface area contributed by atoms with E-state index < -0.39 is 0 Å². The van der Waals surface area contributed by atoms with E-state index in [1.54, 1.807) is 6.07 Å². The van der Waals surface area contributed by atoms with Crippen LogP contribution in [0.2, 0.25) is 0 Å². The van der Waals surface area contributed by atoms with Gasteiger partial charge in [0.25, 0.3) is 0 Å². The Hall–Kier alpha value is -1.86. The fourth-order valence-corrected chi connectivity index (χ4v) is 2.19. The lowest BCUT2D eigenvalue weighted by Crippen LogP contribution is -1.83. The van der Waals surface area contributed by atoms with Crippen LogP contribution in [0.5, 0.6) is 0 Å². The van der Waals surface area contributed by atoms with Crippen molar-refractivity contribution in [1.29, 1.82) is 5.26 Å². The molecule has 0 spiro atoms. The molecule has 0 amide bonds. The van der Waals surface area contributed by atoms with Gasteiger partial charge in [0.05, 0.1) is 16.6 Å². The normalized spacial score (nSPS) is 10.8. The first-order valence-electron chi connectivity index (χ1n) is 4.76. The zero-order chi connectivity index (χ0) is 11.1. The van der Waals surface area contributed by atoms with E-state index in [9.17, 15) is 0 Å². The minimum absolute atomic E-state index is 0.607. The number of benzene rings is 1. The first kappa shape index (κ1) is 9.37. The zero-order valence-electron chi connectivity index (χ0n) is 8.18. The van der Waals surface area contributed by atoms with E-state index in [4.69, 9.17) is 5.26 Å². The van der Waals surface area contributed by atoms with Crippen molar-refractivity contribution < 1.29 is 0 Å². The molecule has 2 heterocycles. The van der Waals surface area contributed by atoms with E-state index in [0.29, 0.717) is 5.56 Å². The molecule has 0 saturated carbocycles. The van der Waals surface area contributed by atoms with Gasteiger partial charge in [-0.25, -0.2) is 4.98 Å². The van der Waals surface area contributed by atoms with E-state index >= 15 is 0 Å². The Morgan fingerprint density at radius 3 is 3.00 bits per heavy atom. The maximum atomic E-state index is 8.94. The molecule has 0 fully saturated rings. The highest BCUT2D eigenvalue weighted by Crippen LogP contribution is 2.24. The Morgan fingerprint density at radius 2 is 2.19 bits per heavy atom. The van der Waals surface area contributed by atoms with E-state index in [1.165, 1.54) is 0 Å². The smallest absolute Gasteiger partial charge is 0.137 e. The van der Waals surface area contributed by atoms with Crippen molar-refractivity contribution in [1.82, 2.24) is 9.38 Å². The maximum Gasteiger partial charge on any atom is 0.137 e. The monoisotopic (exact) mass is 271 g/mol. The Bertz CT molecular complexity index is 737. The summed E-state index contributed by atoms with van der Waals surface area (Å²) < 4.78 is 2.80. The van der Waals surface area contributed by atoms with Crippen molar-refractivity contribution in [3.63, 3.8) is 0 Å². The predicted octanol–water partition coefficient (Wildman–Crippen LogP) is 3.12. The summed E-state index contributed by atoms with van der Waals surface area (Å²) in [5, 5.41) is 8.94. The summed E-state index contributed by atoms with van der Waals surface area (Å²) >= 11 is 3.38. The minimum Gasteiger partial charge on any atom is -0.300 e. The van der Waals surface area contributed by atoms with Crippen LogP contribution in [0.3, 0.4) is 0 Å². The molecule has 1 aromatic carbocycles. The number of hydrogen-bond donors (Lipinski definition) is 0. The zero-order valence-corrected chi connectivity index (χ0v) is 9.77. The lowest BCUT2D eigenvalue weighted by molar-refractivity contribution is 1.23. The fourth-order valence-electron chi connectivity index (χ4n) is 1.77. The molecule has 0 aliphatic heterocycles. The molecule has 0 aliphatic rings. The van der Waals surface area contributed by atoms with Crippen LogP contribution >= 0.6 is 15.9 Å². The molecule has 76 valence electrons. The van der Waals surface area contributed by atoms with Gasteiger partial charge in [0, 0.05) is 10.7 Å². The van der Waals surface area contributed by atoms with Gasteiger partial charge in [-0.05, 0) is 40.2 Å². The average Bonchev–Trinajstić information content (AvgIpc) is 2.66. The van der Waals surface area contributed by atoms with Gasteiger partial charge >= 0.3 is 0 Å². The molecule has 0 unspecified atom stereocenters. The van der Waals surface area contributed by atoms with Crippen LogP contribution in [0.25, 0.3) is 16.7 Å². The average molecular weight is 272 g/mol. The van der Waals surface area contributed by atoms with Crippen molar-refractivity contribution >= 4 is 32.6 Å². The molecule has 0 bridgehead atoms. The molecule has 0 saturated heterocycles. The number of pyridine rings is 1. The first-order valence-corrected chi connectivity index (χ1v) is 5.55. The van der Waals surface area contributed by atoms with Gasteiger partial charge in [0.2, 0.25) is 0 Å². The number of imidazole rings is 1. The summed E-state index contributed by atoms with van der Waals surface area (Å²) in [5.41, 5.74) is 3.34. The summed E-state index contributed by atoms with van der Waals surface area (Å²) in [7, 11) is 0. The molecule has 0 aliphatic carbocycles.